The molecule has 3 rings (SSSR count). The molecule has 1 unspecified atom stereocenters. The summed E-state index contributed by atoms with van der Waals surface area (Å²) in [6.07, 6.45) is 2.40. The van der Waals surface area contributed by atoms with Gasteiger partial charge in [-0.25, -0.2) is 4.68 Å². The van der Waals surface area contributed by atoms with Crippen molar-refractivity contribution in [3.8, 4) is 5.75 Å². The first-order chi connectivity index (χ1) is 10.5. The van der Waals surface area contributed by atoms with E-state index in [0.717, 1.165) is 11.5 Å². The number of phenolic OH excluding ortho intramolecular Hbond substituents is 1. The highest BCUT2D eigenvalue weighted by atomic mass is 35.5. The summed E-state index contributed by atoms with van der Waals surface area (Å²) in [7, 11) is 0. The molecule has 1 aliphatic rings. The number of fused-ring (bicyclic) bond motifs is 1. The van der Waals surface area contributed by atoms with Crippen LogP contribution in [0.2, 0.25) is 5.02 Å². The van der Waals surface area contributed by atoms with Gasteiger partial charge in [-0.3, -0.25) is 4.79 Å². The Labute approximate surface area is 133 Å². The Morgan fingerprint density at radius 2 is 2.23 bits per heavy atom. The Balaban J connectivity index is 2.02. The van der Waals surface area contributed by atoms with Crippen molar-refractivity contribution in [2.24, 2.45) is 0 Å². The van der Waals surface area contributed by atoms with Crippen molar-refractivity contribution in [1.29, 1.82) is 0 Å². The largest absolute Gasteiger partial charge is 0.507 e. The summed E-state index contributed by atoms with van der Waals surface area (Å²) < 4.78 is 1.81. The summed E-state index contributed by atoms with van der Waals surface area (Å²) in [6.45, 7) is 3.90. The Morgan fingerprint density at radius 3 is 2.95 bits per heavy atom. The van der Waals surface area contributed by atoms with Gasteiger partial charge in [-0.05, 0) is 31.5 Å². The Hall–Kier alpha value is -2.27. The number of hydrogen-bond donors (Lipinski definition) is 2. The molecule has 1 aromatic carbocycles. The summed E-state index contributed by atoms with van der Waals surface area (Å²) in [5.41, 5.74) is 1.63. The topological polar surface area (TPSA) is 67.2 Å². The van der Waals surface area contributed by atoms with Crippen LogP contribution in [0, 0.1) is 6.92 Å². The van der Waals surface area contributed by atoms with Crippen LogP contribution in [-0.4, -0.2) is 20.7 Å². The van der Waals surface area contributed by atoms with Crippen LogP contribution in [0.1, 0.15) is 35.4 Å². The fourth-order valence-electron chi connectivity index (χ4n) is 2.70. The minimum atomic E-state index is -0.252. The van der Waals surface area contributed by atoms with E-state index in [1.807, 2.05) is 24.6 Å². The summed E-state index contributed by atoms with van der Waals surface area (Å²) in [6, 6.07) is 6.22. The maximum absolute atomic E-state index is 12.8. The molecular formula is C16H16ClN3O2. The number of allylic oxidation sites excluding steroid dienone is 1. The third kappa shape index (κ3) is 2.37. The minimum Gasteiger partial charge on any atom is -0.507 e. The van der Waals surface area contributed by atoms with E-state index in [0.29, 0.717) is 17.0 Å². The maximum atomic E-state index is 12.8. The summed E-state index contributed by atoms with van der Waals surface area (Å²) in [5, 5.41) is 17.9. The van der Waals surface area contributed by atoms with Gasteiger partial charge in [0.25, 0.3) is 0 Å². The van der Waals surface area contributed by atoms with Gasteiger partial charge >= 0.3 is 0 Å². The molecule has 2 heterocycles. The number of carbonyl (C=O) groups is 1. The first-order valence-electron chi connectivity index (χ1n) is 7.07. The lowest BCUT2D eigenvalue weighted by atomic mass is 9.95. The lowest BCUT2D eigenvalue weighted by Gasteiger charge is -2.25. The predicted octanol–water partition coefficient (Wildman–Crippen LogP) is 3.69. The standard InChI is InChI=1S/C16H16ClN3O2/c1-3-13-12(8-18-15-6-9(2)19-20(13)15)16(22)11-7-10(17)4-5-14(11)21/h4-8,13,18,21H,3H2,1-2H3. The number of aromatic hydroxyl groups is 1. The molecule has 2 N–H and O–H groups in total. The molecule has 0 aliphatic carbocycles. The average molecular weight is 318 g/mol. The molecular weight excluding hydrogens is 302 g/mol. The van der Waals surface area contributed by atoms with Gasteiger partial charge in [0.2, 0.25) is 0 Å². The fraction of sp³-hybridized carbons (Fsp3) is 0.250. The molecule has 0 saturated carbocycles. The van der Waals surface area contributed by atoms with Gasteiger partial charge in [-0.2, -0.15) is 5.10 Å². The number of nitrogens with one attached hydrogen (secondary N) is 1. The van der Waals surface area contributed by atoms with Gasteiger partial charge in [-0.15, -0.1) is 0 Å². The number of Topliss-reactive ketones (excluding diaryl/α,β-unsaturated/α-hetero) is 1. The maximum Gasteiger partial charge on any atom is 0.196 e. The molecule has 1 atom stereocenters. The van der Waals surface area contributed by atoms with E-state index in [1.54, 1.807) is 12.3 Å². The number of rotatable bonds is 3. The van der Waals surface area contributed by atoms with Crippen molar-refractivity contribution in [3.05, 3.63) is 52.3 Å². The Morgan fingerprint density at radius 1 is 1.45 bits per heavy atom. The number of nitrogens with zero attached hydrogens (tertiary/aromatic N) is 2. The van der Waals surface area contributed by atoms with Crippen LogP contribution in [0.15, 0.2) is 36.0 Å². The van der Waals surface area contributed by atoms with Crippen molar-refractivity contribution in [1.82, 2.24) is 9.78 Å². The smallest absolute Gasteiger partial charge is 0.196 e. The van der Waals surface area contributed by atoms with E-state index in [9.17, 15) is 9.90 Å². The molecule has 1 aliphatic heterocycles. The van der Waals surface area contributed by atoms with Gasteiger partial charge in [0.1, 0.15) is 11.6 Å². The van der Waals surface area contributed by atoms with Crippen molar-refractivity contribution in [2.45, 2.75) is 26.3 Å². The quantitative estimate of drug-likeness (QED) is 0.847. The summed E-state index contributed by atoms with van der Waals surface area (Å²) in [4.78, 5) is 12.8. The Bertz CT molecular complexity index is 780. The predicted molar refractivity (Wildman–Crippen MR) is 85.4 cm³/mol. The van der Waals surface area contributed by atoms with Crippen LogP contribution in [-0.2, 0) is 0 Å². The van der Waals surface area contributed by atoms with Crippen molar-refractivity contribution >= 4 is 23.2 Å². The fourth-order valence-corrected chi connectivity index (χ4v) is 2.87. The molecule has 2 aromatic rings. The zero-order valence-corrected chi connectivity index (χ0v) is 13.1. The number of aryl methyl sites for hydroxylation is 1. The second kappa shape index (κ2) is 5.50. The lowest BCUT2D eigenvalue weighted by molar-refractivity contribution is 0.101. The van der Waals surface area contributed by atoms with Gasteiger partial charge in [0, 0.05) is 22.9 Å². The molecule has 0 radical (unpaired) electrons. The Kier molecular flexibility index (Phi) is 3.66. The van der Waals surface area contributed by atoms with Crippen molar-refractivity contribution in [3.63, 3.8) is 0 Å². The highest BCUT2D eigenvalue weighted by Crippen LogP contribution is 2.34. The SMILES string of the molecule is CCC1C(C(=O)c2cc(Cl)ccc2O)=CNc2cc(C)nn21. The highest BCUT2D eigenvalue weighted by molar-refractivity contribution is 6.31. The first kappa shape index (κ1) is 14.7. The third-order valence-electron chi connectivity index (χ3n) is 3.74. The zero-order valence-electron chi connectivity index (χ0n) is 12.3. The van der Waals surface area contributed by atoms with Gasteiger partial charge in [-0.1, -0.05) is 18.5 Å². The van der Waals surface area contributed by atoms with Crippen LogP contribution >= 0.6 is 11.6 Å². The highest BCUT2D eigenvalue weighted by Gasteiger charge is 2.29. The van der Waals surface area contributed by atoms with Gasteiger partial charge < -0.3 is 10.4 Å². The number of aromatic nitrogens is 2. The van der Waals surface area contributed by atoms with E-state index in [4.69, 9.17) is 11.6 Å². The molecule has 1 aromatic heterocycles. The summed E-state index contributed by atoms with van der Waals surface area (Å²) in [5.74, 6) is 0.530. The van der Waals surface area contributed by atoms with Crippen LogP contribution in [0.4, 0.5) is 5.82 Å². The van der Waals surface area contributed by atoms with Gasteiger partial charge in [0.15, 0.2) is 5.78 Å². The number of phenols is 1. The number of halogens is 1. The van der Waals surface area contributed by atoms with Crippen molar-refractivity contribution in [2.75, 3.05) is 5.32 Å². The van der Waals surface area contributed by atoms with Crippen LogP contribution in [0.25, 0.3) is 0 Å². The van der Waals surface area contributed by atoms with Crippen LogP contribution < -0.4 is 5.32 Å². The van der Waals surface area contributed by atoms with E-state index < -0.39 is 0 Å². The van der Waals surface area contributed by atoms with E-state index in [2.05, 4.69) is 10.4 Å². The number of ketones is 1. The number of anilines is 1. The van der Waals surface area contributed by atoms with Gasteiger partial charge in [0.05, 0.1) is 17.3 Å². The molecule has 22 heavy (non-hydrogen) atoms. The molecule has 0 bridgehead atoms. The van der Waals surface area contributed by atoms with Crippen LogP contribution in [0.3, 0.4) is 0 Å². The molecule has 0 amide bonds. The van der Waals surface area contributed by atoms with E-state index in [1.165, 1.54) is 12.1 Å². The average Bonchev–Trinajstić information content (AvgIpc) is 2.88. The van der Waals surface area contributed by atoms with E-state index >= 15 is 0 Å². The third-order valence-corrected chi connectivity index (χ3v) is 3.97. The monoisotopic (exact) mass is 317 g/mol. The molecule has 0 spiro atoms. The number of benzene rings is 1. The minimum absolute atomic E-state index is 0.0763. The molecule has 6 heteroatoms. The molecule has 0 saturated heterocycles. The lowest BCUT2D eigenvalue weighted by Crippen LogP contribution is -2.24. The van der Waals surface area contributed by atoms with Crippen LogP contribution in [0.5, 0.6) is 5.75 Å². The zero-order chi connectivity index (χ0) is 15.9. The van der Waals surface area contributed by atoms with E-state index in [-0.39, 0.29) is 23.1 Å². The first-order valence-corrected chi connectivity index (χ1v) is 7.45. The number of hydrogen-bond acceptors (Lipinski definition) is 4. The number of carbonyl (C=O) groups excluding carboxylic acids is 1. The molecule has 0 fully saturated rings. The second-order valence-electron chi connectivity index (χ2n) is 5.27. The van der Waals surface area contributed by atoms with Crippen molar-refractivity contribution < 1.29 is 9.90 Å². The second-order valence-corrected chi connectivity index (χ2v) is 5.71. The molecule has 114 valence electrons. The molecule has 5 nitrogen and oxygen atoms in total. The summed E-state index contributed by atoms with van der Waals surface area (Å²) >= 11 is 5.94. The normalized spacial score (nSPS) is 16.7.